The Kier molecular flexibility index (Phi) is 57.5. The molecule has 0 aliphatic carbocycles. The predicted octanol–water partition coefficient (Wildman–Crippen LogP) is 19.4. The van der Waals surface area contributed by atoms with Crippen molar-refractivity contribution in [2.24, 2.45) is 0 Å². The quantitative estimate of drug-likeness (QED) is 0.0244. The number of allylic oxidation sites excluding steroid dienone is 8. The zero-order valence-electron chi connectivity index (χ0n) is 46.7. The van der Waals surface area contributed by atoms with Crippen LogP contribution in [0.3, 0.4) is 0 Å². The van der Waals surface area contributed by atoms with Crippen molar-refractivity contribution < 1.29 is 24.5 Å². The number of unbranched alkanes of at least 4 members (excludes halogenated alkanes) is 39. The molecule has 6 heteroatoms. The minimum Gasteiger partial charge on any atom is -0.466 e. The second kappa shape index (κ2) is 59.4. The van der Waals surface area contributed by atoms with Gasteiger partial charge in [0, 0.05) is 12.8 Å². The summed E-state index contributed by atoms with van der Waals surface area (Å²) < 4.78 is 5.44. The molecule has 2 atom stereocenters. The average molecular weight is 983 g/mol. The van der Waals surface area contributed by atoms with E-state index < -0.39 is 12.1 Å². The first-order valence-corrected chi connectivity index (χ1v) is 30.9. The molecule has 1 amide bonds. The van der Waals surface area contributed by atoms with Gasteiger partial charge in [0.2, 0.25) is 5.91 Å². The fraction of sp³-hybridized carbons (Fsp3) is 0.844. The lowest BCUT2D eigenvalue weighted by atomic mass is 10.0. The van der Waals surface area contributed by atoms with Crippen molar-refractivity contribution in [1.29, 1.82) is 0 Å². The van der Waals surface area contributed by atoms with Crippen molar-refractivity contribution >= 4 is 11.9 Å². The highest BCUT2D eigenvalue weighted by molar-refractivity contribution is 5.76. The number of rotatable bonds is 57. The topological polar surface area (TPSA) is 95.9 Å². The normalized spacial score (nSPS) is 12.9. The molecular formula is C64H119NO5. The maximum Gasteiger partial charge on any atom is 0.305 e. The number of ether oxygens (including phenoxy) is 1. The van der Waals surface area contributed by atoms with Crippen LogP contribution in [0.2, 0.25) is 0 Å². The van der Waals surface area contributed by atoms with E-state index in [1.807, 2.05) is 0 Å². The second-order valence-corrected chi connectivity index (χ2v) is 21.1. The van der Waals surface area contributed by atoms with Gasteiger partial charge < -0.3 is 20.3 Å². The molecule has 0 aliphatic heterocycles. The van der Waals surface area contributed by atoms with Crippen LogP contribution in [0.5, 0.6) is 0 Å². The molecule has 0 fully saturated rings. The maximum absolute atomic E-state index is 12.5. The number of nitrogens with one attached hydrogen (secondary N) is 1. The highest BCUT2D eigenvalue weighted by atomic mass is 16.5. The standard InChI is InChI=1S/C64H119NO5/c1-3-5-7-9-11-13-15-17-19-20-21-22-23-24-25-26-29-32-36-40-44-48-52-56-62(67)61(60-66)65-63(68)57-53-49-45-41-37-33-30-27-31-35-39-43-47-51-55-59-70-64(69)58-54-50-46-42-38-34-28-18-16-14-12-10-8-6-4-2/h12,14,18,27-28,31,35,39,61-62,66-67H,3-11,13,15-17,19-26,29-30,32-34,36-38,40-60H2,1-2H3,(H,65,68)/b14-12-,28-18-,31-27-,39-35-. The molecule has 2 unspecified atom stereocenters. The van der Waals surface area contributed by atoms with Crippen LogP contribution < -0.4 is 5.32 Å². The summed E-state index contributed by atoms with van der Waals surface area (Å²) >= 11 is 0. The molecule has 0 saturated carbocycles. The lowest BCUT2D eigenvalue weighted by Gasteiger charge is -2.22. The van der Waals surface area contributed by atoms with Crippen LogP contribution in [-0.2, 0) is 14.3 Å². The molecule has 0 spiro atoms. The Morgan fingerprint density at radius 3 is 1.20 bits per heavy atom. The monoisotopic (exact) mass is 982 g/mol. The molecule has 6 nitrogen and oxygen atoms in total. The summed E-state index contributed by atoms with van der Waals surface area (Å²) in [7, 11) is 0. The van der Waals surface area contributed by atoms with E-state index in [9.17, 15) is 19.8 Å². The lowest BCUT2D eigenvalue weighted by molar-refractivity contribution is -0.143. The summed E-state index contributed by atoms with van der Waals surface area (Å²) in [5.41, 5.74) is 0. The molecular weight excluding hydrogens is 863 g/mol. The highest BCUT2D eigenvalue weighted by Gasteiger charge is 2.20. The Morgan fingerprint density at radius 1 is 0.414 bits per heavy atom. The molecule has 0 radical (unpaired) electrons. The van der Waals surface area contributed by atoms with Crippen molar-refractivity contribution in [3.63, 3.8) is 0 Å². The lowest BCUT2D eigenvalue weighted by Crippen LogP contribution is -2.45. The van der Waals surface area contributed by atoms with Gasteiger partial charge in [-0.3, -0.25) is 9.59 Å². The second-order valence-electron chi connectivity index (χ2n) is 21.1. The van der Waals surface area contributed by atoms with E-state index in [0.29, 0.717) is 25.9 Å². The molecule has 0 rings (SSSR count). The number of carbonyl (C=O) groups is 2. The molecule has 70 heavy (non-hydrogen) atoms. The van der Waals surface area contributed by atoms with Gasteiger partial charge in [-0.2, -0.15) is 0 Å². The number of carbonyl (C=O) groups excluding carboxylic acids is 2. The Bertz CT molecular complexity index is 1180. The maximum atomic E-state index is 12.5. The van der Waals surface area contributed by atoms with Crippen LogP contribution in [0.15, 0.2) is 48.6 Å². The number of hydrogen-bond acceptors (Lipinski definition) is 5. The van der Waals surface area contributed by atoms with Crippen molar-refractivity contribution in [3.8, 4) is 0 Å². The molecule has 0 aliphatic rings. The van der Waals surface area contributed by atoms with Crippen LogP contribution in [-0.4, -0.2) is 47.4 Å². The number of hydrogen-bond donors (Lipinski definition) is 3. The smallest absolute Gasteiger partial charge is 0.305 e. The summed E-state index contributed by atoms with van der Waals surface area (Å²) in [6.45, 7) is 4.88. The summed E-state index contributed by atoms with van der Waals surface area (Å²) in [4.78, 5) is 24.6. The van der Waals surface area contributed by atoms with Crippen LogP contribution in [0.4, 0.5) is 0 Å². The van der Waals surface area contributed by atoms with Gasteiger partial charge in [-0.25, -0.2) is 0 Å². The molecule has 0 bridgehead atoms. The SMILES string of the molecule is CCCCC/C=C\C/C=C\CCCCCCCC(=O)OCCCCC/C=C\C=C/CCCCCCCCC(=O)NC(CO)C(O)CCCCCCCCCCCCCCCCCCCCCCCCC. The predicted molar refractivity (Wildman–Crippen MR) is 306 cm³/mol. The van der Waals surface area contributed by atoms with E-state index in [1.165, 1.54) is 199 Å². The van der Waals surface area contributed by atoms with Crippen molar-refractivity contribution in [1.82, 2.24) is 5.32 Å². The number of esters is 1. The first kappa shape index (κ1) is 67.8. The Balaban J connectivity index is 3.52. The highest BCUT2D eigenvalue weighted by Crippen LogP contribution is 2.17. The van der Waals surface area contributed by atoms with Crippen molar-refractivity contribution in [2.75, 3.05) is 13.2 Å². The molecule has 3 N–H and O–H groups in total. The first-order valence-electron chi connectivity index (χ1n) is 30.9. The third-order valence-corrected chi connectivity index (χ3v) is 14.1. The third kappa shape index (κ3) is 55.1. The van der Waals surface area contributed by atoms with E-state index >= 15 is 0 Å². The zero-order valence-corrected chi connectivity index (χ0v) is 46.7. The van der Waals surface area contributed by atoms with Gasteiger partial charge in [0.15, 0.2) is 0 Å². The van der Waals surface area contributed by atoms with Crippen molar-refractivity contribution in [3.05, 3.63) is 48.6 Å². The van der Waals surface area contributed by atoms with Gasteiger partial charge in [0.05, 0.1) is 25.4 Å². The van der Waals surface area contributed by atoms with Crippen molar-refractivity contribution in [2.45, 2.75) is 334 Å². The molecule has 0 saturated heterocycles. The summed E-state index contributed by atoms with van der Waals surface area (Å²) in [5, 5.41) is 23.4. The number of aliphatic hydroxyl groups is 2. The molecule has 0 aromatic rings. The van der Waals surface area contributed by atoms with E-state index in [4.69, 9.17) is 4.74 Å². The summed E-state index contributed by atoms with van der Waals surface area (Å²) in [5.74, 6) is -0.0914. The number of amides is 1. The Hall–Kier alpha value is -2.18. The fourth-order valence-corrected chi connectivity index (χ4v) is 9.37. The van der Waals surface area contributed by atoms with Gasteiger partial charge in [-0.05, 0) is 89.9 Å². The largest absolute Gasteiger partial charge is 0.466 e. The average Bonchev–Trinajstić information content (AvgIpc) is 3.36. The van der Waals surface area contributed by atoms with Gasteiger partial charge in [0.25, 0.3) is 0 Å². The van der Waals surface area contributed by atoms with Crippen LogP contribution in [0.1, 0.15) is 322 Å². The minimum absolute atomic E-state index is 0.0355. The Labute approximate surface area is 436 Å². The van der Waals surface area contributed by atoms with Gasteiger partial charge in [-0.15, -0.1) is 0 Å². The molecule has 410 valence electrons. The van der Waals surface area contributed by atoms with E-state index in [-0.39, 0.29) is 18.5 Å². The first-order chi connectivity index (χ1) is 34.5. The molecule has 0 heterocycles. The van der Waals surface area contributed by atoms with Gasteiger partial charge >= 0.3 is 5.97 Å². The zero-order chi connectivity index (χ0) is 50.7. The molecule has 0 aromatic heterocycles. The molecule has 0 aromatic carbocycles. The van der Waals surface area contributed by atoms with Gasteiger partial charge in [0.1, 0.15) is 0 Å². The summed E-state index contributed by atoms with van der Waals surface area (Å²) in [6.07, 6.45) is 75.4. The van der Waals surface area contributed by atoms with Gasteiger partial charge in [-0.1, -0.05) is 268 Å². The third-order valence-electron chi connectivity index (χ3n) is 14.1. The van der Waals surface area contributed by atoms with Crippen LogP contribution >= 0.6 is 0 Å². The van der Waals surface area contributed by atoms with Crippen LogP contribution in [0, 0.1) is 0 Å². The van der Waals surface area contributed by atoms with E-state index in [1.54, 1.807) is 0 Å². The van der Waals surface area contributed by atoms with E-state index in [2.05, 4.69) is 67.8 Å². The number of aliphatic hydroxyl groups excluding tert-OH is 2. The van der Waals surface area contributed by atoms with Crippen LogP contribution in [0.25, 0.3) is 0 Å². The fourth-order valence-electron chi connectivity index (χ4n) is 9.37. The minimum atomic E-state index is -0.681. The Morgan fingerprint density at radius 2 is 0.757 bits per heavy atom. The summed E-state index contributed by atoms with van der Waals surface area (Å²) in [6, 6.07) is -0.561. The van der Waals surface area contributed by atoms with E-state index in [0.717, 1.165) is 89.9 Å².